The number of carbonyl (C=O) groups is 1. The van der Waals surface area contributed by atoms with Gasteiger partial charge in [0.05, 0.1) is 19.2 Å². The first-order valence-electron chi connectivity index (χ1n) is 9.10. The van der Waals surface area contributed by atoms with Gasteiger partial charge in [-0.25, -0.2) is 4.79 Å². The largest absolute Gasteiger partial charge is 0.450 e. The number of alkyl carbamates (subject to hydrolysis) is 1. The summed E-state index contributed by atoms with van der Waals surface area (Å²) in [5.41, 5.74) is 0. The van der Waals surface area contributed by atoms with Crippen LogP contribution in [0.3, 0.4) is 0 Å². The molecule has 1 aliphatic carbocycles. The monoisotopic (exact) mass is 324 g/mol. The average Bonchev–Trinajstić information content (AvgIpc) is 3.36. The molecule has 132 valence electrons. The molecule has 1 heterocycles. The Hall–Kier alpha value is -1.46. The molecule has 1 saturated carbocycles. The van der Waals surface area contributed by atoms with Crippen LogP contribution in [-0.4, -0.2) is 55.8 Å². The Morgan fingerprint density at radius 1 is 1.26 bits per heavy atom. The summed E-state index contributed by atoms with van der Waals surface area (Å²) in [6.45, 7) is 10.2. The van der Waals surface area contributed by atoms with Crippen molar-refractivity contribution < 1.29 is 9.53 Å². The van der Waals surface area contributed by atoms with E-state index in [1.54, 1.807) is 0 Å². The second kappa shape index (κ2) is 8.99. The quantitative estimate of drug-likeness (QED) is 0.581. The number of amides is 1. The fourth-order valence-electron chi connectivity index (χ4n) is 2.97. The lowest BCUT2D eigenvalue weighted by Crippen LogP contribution is -2.46. The van der Waals surface area contributed by atoms with E-state index < -0.39 is 0 Å². The smallest absolute Gasteiger partial charge is 0.407 e. The van der Waals surface area contributed by atoms with Crippen molar-refractivity contribution in [3.8, 4) is 0 Å². The summed E-state index contributed by atoms with van der Waals surface area (Å²) in [7, 11) is 0. The van der Waals surface area contributed by atoms with E-state index in [9.17, 15) is 4.79 Å². The van der Waals surface area contributed by atoms with Crippen molar-refractivity contribution in [1.82, 2.24) is 15.5 Å². The van der Waals surface area contributed by atoms with Crippen LogP contribution in [0.4, 0.5) is 4.79 Å². The Balaban J connectivity index is 1.92. The number of rotatable bonds is 6. The van der Waals surface area contributed by atoms with Crippen molar-refractivity contribution in [2.45, 2.75) is 52.5 Å². The maximum atomic E-state index is 11.7. The number of ether oxygens (including phenoxy) is 1. The molecular weight excluding hydrogens is 292 g/mol. The number of hydrogen-bond acceptors (Lipinski definition) is 3. The molecule has 2 rings (SSSR count). The van der Waals surface area contributed by atoms with Gasteiger partial charge >= 0.3 is 6.09 Å². The van der Waals surface area contributed by atoms with Crippen molar-refractivity contribution >= 4 is 12.1 Å². The first kappa shape index (κ1) is 17.9. The second-order valence-corrected chi connectivity index (χ2v) is 6.67. The maximum absolute atomic E-state index is 11.7. The van der Waals surface area contributed by atoms with Crippen molar-refractivity contribution in [3.05, 3.63) is 0 Å². The highest BCUT2D eigenvalue weighted by Gasteiger charge is 2.32. The number of aliphatic imine (C=N–C) groups is 1. The lowest BCUT2D eigenvalue weighted by Gasteiger charge is -2.33. The molecular formula is C17H32N4O2. The Kier molecular flexibility index (Phi) is 6.99. The van der Waals surface area contributed by atoms with Crippen LogP contribution in [0, 0.1) is 11.8 Å². The van der Waals surface area contributed by atoms with Crippen LogP contribution in [-0.2, 0) is 4.74 Å². The van der Waals surface area contributed by atoms with Gasteiger partial charge in [-0.1, -0.05) is 6.92 Å². The van der Waals surface area contributed by atoms with Crippen molar-refractivity contribution in [2.75, 3.05) is 32.8 Å². The SMILES string of the molecule is CCNC(=NCC(NC(=O)OCC)C1CC1)N1CCC(C)CC1. The number of piperidine rings is 1. The topological polar surface area (TPSA) is 66.0 Å². The summed E-state index contributed by atoms with van der Waals surface area (Å²) in [6.07, 6.45) is 4.46. The molecule has 1 atom stereocenters. The van der Waals surface area contributed by atoms with Crippen molar-refractivity contribution in [1.29, 1.82) is 0 Å². The number of likely N-dealkylation sites (tertiary alicyclic amines) is 1. The van der Waals surface area contributed by atoms with Gasteiger partial charge in [0.2, 0.25) is 0 Å². The van der Waals surface area contributed by atoms with Crippen LogP contribution in [0.25, 0.3) is 0 Å². The zero-order chi connectivity index (χ0) is 16.7. The zero-order valence-corrected chi connectivity index (χ0v) is 14.8. The number of hydrogen-bond donors (Lipinski definition) is 2. The summed E-state index contributed by atoms with van der Waals surface area (Å²) < 4.78 is 5.01. The van der Waals surface area contributed by atoms with Gasteiger partial charge in [0, 0.05) is 19.6 Å². The maximum Gasteiger partial charge on any atom is 0.407 e. The van der Waals surface area contributed by atoms with E-state index in [4.69, 9.17) is 9.73 Å². The van der Waals surface area contributed by atoms with Gasteiger partial charge in [-0.15, -0.1) is 0 Å². The molecule has 0 aromatic heterocycles. The van der Waals surface area contributed by atoms with E-state index in [-0.39, 0.29) is 12.1 Å². The highest BCUT2D eigenvalue weighted by molar-refractivity contribution is 5.80. The summed E-state index contributed by atoms with van der Waals surface area (Å²) >= 11 is 0. The van der Waals surface area contributed by atoms with Crippen LogP contribution in [0.5, 0.6) is 0 Å². The van der Waals surface area contributed by atoms with E-state index in [0.29, 0.717) is 19.1 Å². The highest BCUT2D eigenvalue weighted by atomic mass is 16.5. The third-order valence-electron chi connectivity index (χ3n) is 4.63. The van der Waals surface area contributed by atoms with Gasteiger partial charge in [0.25, 0.3) is 0 Å². The Bertz CT molecular complexity index is 401. The number of carbonyl (C=O) groups excluding carboxylic acids is 1. The normalized spacial score (nSPS) is 21.0. The van der Waals surface area contributed by atoms with Crippen LogP contribution >= 0.6 is 0 Å². The van der Waals surface area contributed by atoms with Crippen LogP contribution in [0.15, 0.2) is 4.99 Å². The van der Waals surface area contributed by atoms with E-state index in [1.165, 1.54) is 25.7 Å². The Morgan fingerprint density at radius 2 is 1.96 bits per heavy atom. The van der Waals surface area contributed by atoms with Gasteiger partial charge in [0.15, 0.2) is 5.96 Å². The third-order valence-corrected chi connectivity index (χ3v) is 4.63. The summed E-state index contributed by atoms with van der Waals surface area (Å²) in [6, 6.07) is 0.0893. The summed E-state index contributed by atoms with van der Waals surface area (Å²) in [4.78, 5) is 18.8. The molecule has 1 aliphatic heterocycles. The van der Waals surface area contributed by atoms with Gasteiger partial charge in [-0.3, -0.25) is 4.99 Å². The first-order valence-corrected chi connectivity index (χ1v) is 9.10. The minimum Gasteiger partial charge on any atom is -0.450 e. The van der Waals surface area contributed by atoms with Gasteiger partial charge in [0.1, 0.15) is 0 Å². The predicted molar refractivity (Wildman–Crippen MR) is 92.6 cm³/mol. The molecule has 23 heavy (non-hydrogen) atoms. The molecule has 1 unspecified atom stereocenters. The molecule has 1 amide bonds. The lowest BCUT2D eigenvalue weighted by atomic mass is 9.99. The van der Waals surface area contributed by atoms with Crippen molar-refractivity contribution in [3.63, 3.8) is 0 Å². The number of nitrogens with one attached hydrogen (secondary N) is 2. The standard InChI is InChI=1S/C17H32N4O2/c1-4-18-16(21-10-8-13(3)9-11-21)19-12-15(14-6-7-14)20-17(22)23-5-2/h13-15H,4-12H2,1-3H3,(H,18,19)(H,20,22). The summed E-state index contributed by atoms with van der Waals surface area (Å²) in [5.74, 6) is 2.34. The minimum absolute atomic E-state index is 0.0893. The van der Waals surface area contributed by atoms with E-state index >= 15 is 0 Å². The second-order valence-electron chi connectivity index (χ2n) is 6.67. The molecule has 2 fully saturated rings. The molecule has 2 N–H and O–H groups in total. The van der Waals surface area contributed by atoms with Crippen LogP contribution in [0.2, 0.25) is 0 Å². The zero-order valence-electron chi connectivity index (χ0n) is 14.8. The Labute approximate surface area is 140 Å². The molecule has 0 aromatic carbocycles. The van der Waals surface area contributed by atoms with Crippen LogP contribution in [0.1, 0.15) is 46.5 Å². The number of guanidine groups is 1. The number of nitrogens with zero attached hydrogens (tertiary/aromatic N) is 2. The van der Waals surface area contributed by atoms with Crippen LogP contribution < -0.4 is 10.6 Å². The molecule has 0 radical (unpaired) electrons. The molecule has 0 aromatic rings. The van der Waals surface area contributed by atoms with E-state index in [2.05, 4.69) is 29.4 Å². The summed E-state index contributed by atoms with van der Waals surface area (Å²) in [5, 5.41) is 6.37. The third kappa shape index (κ3) is 5.92. The molecule has 0 spiro atoms. The predicted octanol–water partition coefficient (Wildman–Crippen LogP) is 2.21. The lowest BCUT2D eigenvalue weighted by molar-refractivity contribution is 0.147. The van der Waals surface area contributed by atoms with Gasteiger partial charge in [-0.05, 0) is 51.4 Å². The fraction of sp³-hybridized carbons (Fsp3) is 0.882. The molecule has 6 heteroatoms. The molecule has 6 nitrogen and oxygen atoms in total. The molecule has 2 aliphatic rings. The van der Waals surface area contributed by atoms with Gasteiger partial charge < -0.3 is 20.3 Å². The minimum atomic E-state index is -0.323. The van der Waals surface area contributed by atoms with E-state index in [1.807, 2.05) is 6.92 Å². The molecule has 0 bridgehead atoms. The van der Waals surface area contributed by atoms with Crippen molar-refractivity contribution in [2.24, 2.45) is 16.8 Å². The van der Waals surface area contributed by atoms with Gasteiger partial charge in [-0.2, -0.15) is 0 Å². The Morgan fingerprint density at radius 3 is 2.52 bits per heavy atom. The fourth-order valence-corrected chi connectivity index (χ4v) is 2.97. The molecule has 1 saturated heterocycles. The first-order chi connectivity index (χ1) is 11.1. The highest BCUT2D eigenvalue weighted by Crippen LogP contribution is 2.32. The van der Waals surface area contributed by atoms with E-state index in [0.717, 1.165) is 31.5 Å². The average molecular weight is 324 g/mol.